The summed E-state index contributed by atoms with van der Waals surface area (Å²) in [5.74, 6) is 0.0417. The number of nitrogens with one attached hydrogen (secondary N) is 1. The van der Waals surface area contributed by atoms with Crippen LogP contribution in [0.4, 0.5) is 0 Å². The van der Waals surface area contributed by atoms with Gasteiger partial charge in [0.2, 0.25) is 5.91 Å². The Hall–Kier alpha value is -1.45. The molecule has 1 fully saturated rings. The number of likely N-dealkylation sites (N-methyl/N-ethyl adjacent to an activating group) is 1. The predicted octanol–water partition coefficient (Wildman–Crippen LogP) is 0.832. The number of hydrogen-bond acceptors (Lipinski definition) is 5. The Labute approximate surface area is 149 Å². The van der Waals surface area contributed by atoms with E-state index in [2.05, 4.69) is 26.2 Å². The number of rotatable bonds is 5. The zero-order chi connectivity index (χ0) is 17.3. The molecule has 2 aromatic heterocycles. The SMILES string of the molecule is CN(CC(=O)NC1CCS(=O)(=O)C1)Cc1cn2cc(Br)ccc2n1. The number of nitrogens with zero attached hydrogens (tertiary/aromatic N) is 3. The Balaban J connectivity index is 1.54. The van der Waals surface area contributed by atoms with Gasteiger partial charge in [0.05, 0.1) is 23.7 Å². The number of hydrogen-bond donors (Lipinski definition) is 1. The highest BCUT2D eigenvalue weighted by atomic mass is 79.9. The highest BCUT2D eigenvalue weighted by molar-refractivity contribution is 9.10. The number of pyridine rings is 1. The number of fused-ring (bicyclic) bond motifs is 1. The van der Waals surface area contributed by atoms with E-state index in [0.717, 1.165) is 15.8 Å². The van der Waals surface area contributed by atoms with Crippen molar-refractivity contribution in [3.63, 3.8) is 0 Å². The van der Waals surface area contributed by atoms with Crippen LogP contribution in [0.15, 0.2) is 29.0 Å². The maximum Gasteiger partial charge on any atom is 0.234 e. The molecule has 1 saturated heterocycles. The third-order valence-corrected chi connectivity index (χ3v) is 6.14. The summed E-state index contributed by atoms with van der Waals surface area (Å²) in [5.41, 5.74) is 1.72. The van der Waals surface area contributed by atoms with Crippen LogP contribution < -0.4 is 5.32 Å². The fourth-order valence-corrected chi connectivity index (χ4v) is 4.88. The molecule has 3 rings (SSSR count). The molecule has 2 aromatic rings. The molecule has 0 spiro atoms. The molecule has 24 heavy (non-hydrogen) atoms. The quantitative estimate of drug-likeness (QED) is 0.783. The molecule has 1 atom stereocenters. The van der Waals surface area contributed by atoms with Crippen molar-refractivity contribution in [2.24, 2.45) is 0 Å². The lowest BCUT2D eigenvalue weighted by Gasteiger charge is -2.17. The molecule has 1 unspecified atom stereocenters. The van der Waals surface area contributed by atoms with E-state index in [1.165, 1.54) is 0 Å². The molecular formula is C15H19BrN4O3S. The average Bonchev–Trinajstić information content (AvgIpc) is 3.00. The van der Waals surface area contributed by atoms with Gasteiger partial charge in [-0.3, -0.25) is 9.69 Å². The summed E-state index contributed by atoms with van der Waals surface area (Å²) < 4.78 is 25.7. The van der Waals surface area contributed by atoms with Crippen molar-refractivity contribution in [1.29, 1.82) is 0 Å². The van der Waals surface area contributed by atoms with Crippen LogP contribution in [0.3, 0.4) is 0 Å². The van der Waals surface area contributed by atoms with E-state index in [1.807, 2.05) is 40.9 Å². The Bertz CT molecular complexity index is 865. The van der Waals surface area contributed by atoms with E-state index in [1.54, 1.807) is 0 Å². The largest absolute Gasteiger partial charge is 0.351 e. The molecule has 1 amide bonds. The second-order valence-corrected chi connectivity index (χ2v) is 9.33. The van der Waals surface area contributed by atoms with Gasteiger partial charge in [-0.1, -0.05) is 0 Å². The first-order valence-corrected chi connectivity index (χ1v) is 10.2. The summed E-state index contributed by atoms with van der Waals surface area (Å²) in [6.07, 6.45) is 4.36. The Morgan fingerprint density at radius 1 is 1.46 bits per heavy atom. The summed E-state index contributed by atoms with van der Waals surface area (Å²) in [7, 11) is -1.14. The molecule has 0 saturated carbocycles. The normalized spacial score (nSPS) is 19.9. The summed E-state index contributed by atoms with van der Waals surface area (Å²) in [4.78, 5) is 18.4. The number of aromatic nitrogens is 2. The van der Waals surface area contributed by atoms with Crippen molar-refractivity contribution in [1.82, 2.24) is 19.6 Å². The van der Waals surface area contributed by atoms with Gasteiger partial charge in [0.1, 0.15) is 5.65 Å². The van der Waals surface area contributed by atoms with Gasteiger partial charge in [-0.15, -0.1) is 0 Å². The van der Waals surface area contributed by atoms with Gasteiger partial charge >= 0.3 is 0 Å². The summed E-state index contributed by atoms with van der Waals surface area (Å²) in [6, 6.07) is 3.59. The van der Waals surface area contributed by atoms with E-state index in [9.17, 15) is 13.2 Å². The van der Waals surface area contributed by atoms with Crippen molar-refractivity contribution in [3.05, 3.63) is 34.7 Å². The number of imidazole rings is 1. The average molecular weight is 415 g/mol. The van der Waals surface area contributed by atoms with Crippen molar-refractivity contribution in [3.8, 4) is 0 Å². The fraction of sp³-hybridized carbons (Fsp3) is 0.467. The van der Waals surface area contributed by atoms with Gasteiger partial charge in [-0.05, 0) is 41.5 Å². The van der Waals surface area contributed by atoms with Crippen molar-refractivity contribution < 1.29 is 13.2 Å². The van der Waals surface area contributed by atoms with E-state index in [-0.39, 0.29) is 30.0 Å². The zero-order valence-electron chi connectivity index (χ0n) is 13.3. The van der Waals surface area contributed by atoms with E-state index < -0.39 is 9.84 Å². The number of carbonyl (C=O) groups excluding carboxylic acids is 1. The lowest BCUT2D eigenvalue weighted by molar-refractivity contribution is -0.122. The molecule has 0 aliphatic carbocycles. The first-order valence-electron chi connectivity index (χ1n) is 7.62. The summed E-state index contributed by atoms with van der Waals surface area (Å²) >= 11 is 3.42. The van der Waals surface area contributed by atoms with E-state index in [4.69, 9.17) is 0 Å². The molecular weight excluding hydrogens is 396 g/mol. The second-order valence-electron chi connectivity index (χ2n) is 6.18. The van der Waals surface area contributed by atoms with Gasteiger partial charge < -0.3 is 9.72 Å². The van der Waals surface area contributed by atoms with Crippen LogP contribution in [0.25, 0.3) is 5.65 Å². The van der Waals surface area contributed by atoms with Crippen LogP contribution in [-0.4, -0.2) is 59.7 Å². The smallest absolute Gasteiger partial charge is 0.234 e. The Kier molecular flexibility index (Phi) is 4.93. The third kappa shape index (κ3) is 4.34. The highest BCUT2D eigenvalue weighted by Gasteiger charge is 2.28. The maximum atomic E-state index is 12.0. The third-order valence-electron chi connectivity index (χ3n) is 3.91. The van der Waals surface area contributed by atoms with Gasteiger partial charge in [0.15, 0.2) is 9.84 Å². The maximum absolute atomic E-state index is 12.0. The summed E-state index contributed by atoms with van der Waals surface area (Å²) in [6.45, 7) is 0.740. The number of amides is 1. The predicted molar refractivity (Wildman–Crippen MR) is 94.4 cm³/mol. The van der Waals surface area contributed by atoms with Crippen molar-refractivity contribution >= 4 is 37.3 Å². The van der Waals surface area contributed by atoms with Gasteiger partial charge in [-0.2, -0.15) is 0 Å². The molecule has 130 valence electrons. The molecule has 3 heterocycles. The molecule has 7 nitrogen and oxygen atoms in total. The standard InChI is InChI=1S/C15H19BrN4O3S/c1-19(9-15(21)18-12-4-5-24(22,23)10-12)7-13-8-20-6-11(16)2-3-14(20)17-13/h2-3,6,8,12H,4-5,7,9-10H2,1H3,(H,18,21). The lowest BCUT2D eigenvalue weighted by Crippen LogP contribution is -2.41. The van der Waals surface area contributed by atoms with E-state index in [0.29, 0.717) is 13.0 Å². The molecule has 0 aromatic carbocycles. The molecule has 1 aliphatic heterocycles. The minimum absolute atomic E-state index is 0.0454. The molecule has 9 heteroatoms. The topological polar surface area (TPSA) is 83.8 Å². The highest BCUT2D eigenvalue weighted by Crippen LogP contribution is 2.13. The number of carbonyl (C=O) groups is 1. The van der Waals surface area contributed by atoms with Crippen LogP contribution in [0, 0.1) is 0 Å². The molecule has 0 bridgehead atoms. The van der Waals surface area contributed by atoms with Crippen LogP contribution in [0.2, 0.25) is 0 Å². The first-order chi connectivity index (χ1) is 11.3. The molecule has 1 N–H and O–H groups in total. The van der Waals surface area contributed by atoms with Crippen molar-refractivity contribution in [2.75, 3.05) is 25.1 Å². The van der Waals surface area contributed by atoms with Gasteiger partial charge in [-0.25, -0.2) is 13.4 Å². The number of halogens is 1. The van der Waals surface area contributed by atoms with Gasteiger partial charge in [0.25, 0.3) is 0 Å². The van der Waals surface area contributed by atoms with Gasteiger partial charge in [0, 0.05) is 29.5 Å². The minimum Gasteiger partial charge on any atom is -0.351 e. The Morgan fingerprint density at radius 2 is 2.25 bits per heavy atom. The fourth-order valence-electron chi connectivity index (χ4n) is 2.85. The van der Waals surface area contributed by atoms with Crippen LogP contribution in [-0.2, 0) is 21.2 Å². The molecule has 0 radical (unpaired) electrons. The second kappa shape index (κ2) is 6.81. The van der Waals surface area contributed by atoms with E-state index >= 15 is 0 Å². The zero-order valence-corrected chi connectivity index (χ0v) is 15.7. The lowest BCUT2D eigenvalue weighted by atomic mass is 10.2. The monoisotopic (exact) mass is 414 g/mol. The van der Waals surface area contributed by atoms with Crippen LogP contribution >= 0.6 is 15.9 Å². The molecule has 1 aliphatic rings. The number of sulfone groups is 1. The van der Waals surface area contributed by atoms with Crippen LogP contribution in [0.1, 0.15) is 12.1 Å². The van der Waals surface area contributed by atoms with Crippen LogP contribution in [0.5, 0.6) is 0 Å². The Morgan fingerprint density at radius 3 is 2.96 bits per heavy atom. The summed E-state index contributed by atoms with van der Waals surface area (Å²) in [5, 5.41) is 2.79. The van der Waals surface area contributed by atoms with Crippen molar-refractivity contribution in [2.45, 2.75) is 19.0 Å². The first kappa shape index (κ1) is 17.4. The minimum atomic E-state index is -2.98.